The van der Waals surface area contributed by atoms with Gasteiger partial charge in [0.15, 0.2) is 0 Å². The van der Waals surface area contributed by atoms with Crippen molar-refractivity contribution in [1.82, 2.24) is 0 Å². The molecule has 0 aliphatic rings. The number of benzene rings is 1. The number of anilines is 3. The molecule has 0 unspecified atom stereocenters. The molecule has 0 aliphatic heterocycles. The topological polar surface area (TPSA) is 89.4 Å². The number of sulfone groups is 1. The van der Waals surface area contributed by atoms with E-state index in [0.717, 1.165) is 5.69 Å². The highest BCUT2D eigenvalue weighted by Gasteiger charge is 2.07. The molecule has 6 heteroatoms. The summed E-state index contributed by atoms with van der Waals surface area (Å²) in [5.74, 6) is 0.119. The maximum atomic E-state index is 11.0. The van der Waals surface area contributed by atoms with E-state index in [1.54, 1.807) is 12.1 Å². The molecule has 0 saturated heterocycles. The number of nitrogens with two attached hydrogens (primary N) is 2. The van der Waals surface area contributed by atoms with Crippen LogP contribution in [0.15, 0.2) is 18.2 Å². The fourth-order valence-electron chi connectivity index (χ4n) is 1.23. The van der Waals surface area contributed by atoms with E-state index in [4.69, 9.17) is 11.5 Å². The highest BCUT2D eigenvalue weighted by atomic mass is 32.2. The predicted octanol–water partition coefficient (Wildman–Crippen LogP) is 0.332. The normalized spacial score (nSPS) is 11.4. The maximum Gasteiger partial charge on any atom is 0.149 e. The summed E-state index contributed by atoms with van der Waals surface area (Å²) in [6, 6.07) is 5.26. The van der Waals surface area contributed by atoms with Crippen molar-refractivity contribution >= 4 is 26.9 Å². The summed E-state index contributed by atoms with van der Waals surface area (Å²) in [5.41, 5.74) is 13.2. The number of nitrogen functional groups attached to an aromatic ring is 2. The Hall–Kier alpha value is -1.43. The SMILES string of the molecule is CN(CCS(C)(=O)=O)c1ccc(N)c(N)c1. The molecule has 0 heterocycles. The van der Waals surface area contributed by atoms with Crippen LogP contribution in [0.2, 0.25) is 0 Å². The summed E-state index contributed by atoms with van der Waals surface area (Å²) in [6.07, 6.45) is 1.22. The zero-order valence-electron chi connectivity index (χ0n) is 9.47. The summed E-state index contributed by atoms with van der Waals surface area (Å²) in [4.78, 5) is 1.83. The van der Waals surface area contributed by atoms with Gasteiger partial charge in [-0.25, -0.2) is 8.42 Å². The average Bonchev–Trinajstić information content (AvgIpc) is 2.17. The third-order valence-electron chi connectivity index (χ3n) is 2.31. The van der Waals surface area contributed by atoms with Crippen LogP contribution in [0.1, 0.15) is 0 Å². The molecule has 0 fully saturated rings. The molecule has 1 aromatic rings. The van der Waals surface area contributed by atoms with E-state index in [1.807, 2.05) is 18.0 Å². The number of hydrogen-bond donors (Lipinski definition) is 2. The smallest absolute Gasteiger partial charge is 0.149 e. The number of nitrogens with zero attached hydrogens (tertiary/aromatic N) is 1. The largest absolute Gasteiger partial charge is 0.397 e. The minimum atomic E-state index is -2.94. The Labute approximate surface area is 96.0 Å². The van der Waals surface area contributed by atoms with E-state index in [9.17, 15) is 8.42 Å². The van der Waals surface area contributed by atoms with Gasteiger partial charge in [0, 0.05) is 25.5 Å². The summed E-state index contributed by atoms with van der Waals surface area (Å²) in [5, 5.41) is 0. The zero-order valence-corrected chi connectivity index (χ0v) is 10.3. The van der Waals surface area contributed by atoms with Crippen LogP contribution in [0.25, 0.3) is 0 Å². The summed E-state index contributed by atoms with van der Waals surface area (Å²) in [7, 11) is -1.13. The molecule has 0 radical (unpaired) electrons. The van der Waals surface area contributed by atoms with Gasteiger partial charge in [-0.2, -0.15) is 0 Å². The molecule has 0 aromatic heterocycles. The Bertz CT molecular complexity index is 471. The molecule has 1 aromatic carbocycles. The van der Waals surface area contributed by atoms with Crippen LogP contribution in [0.5, 0.6) is 0 Å². The molecule has 16 heavy (non-hydrogen) atoms. The van der Waals surface area contributed by atoms with Gasteiger partial charge in [0.25, 0.3) is 0 Å². The summed E-state index contributed by atoms with van der Waals surface area (Å²) in [6.45, 7) is 0.433. The molecule has 0 aliphatic carbocycles. The van der Waals surface area contributed by atoms with Crippen molar-refractivity contribution in [1.29, 1.82) is 0 Å². The van der Waals surface area contributed by atoms with Crippen molar-refractivity contribution in [3.8, 4) is 0 Å². The third-order valence-corrected chi connectivity index (χ3v) is 3.23. The zero-order chi connectivity index (χ0) is 12.3. The average molecular weight is 243 g/mol. The van der Waals surface area contributed by atoms with Crippen LogP contribution in [-0.4, -0.2) is 34.0 Å². The lowest BCUT2D eigenvalue weighted by molar-refractivity contribution is 0.601. The van der Waals surface area contributed by atoms with Crippen LogP contribution in [0.4, 0.5) is 17.1 Å². The molecule has 0 saturated carbocycles. The molecule has 5 nitrogen and oxygen atoms in total. The van der Waals surface area contributed by atoms with E-state index >= 15 is 0 Å². The van der Waals surface area contributed by atoms with E-state index in [0.29, 0.717) is 17.9 Å². The van der Waals surface area contributed by atoms with Crippen molar-refractivity contribution in [2.45, 2.75) is 0 Å². The van der Waals surface area contributed by atoms with Gasteiger partial charge in [-0.1, -0.05) is 0 Å². The van der Waals surface area contributed by atoms with E-state index < -0.39 is 9.84 Å². The van der Waals surface area contributed by atoms with Gasteiger partial charge < -0.3 is 16.4 Å². The molecule has 0 atom stereocenters. The van der Waals surface area contributed by atoms with E-state index in [1.165, 1.54) is 6.26 Å². The third kappa shape index (κ3) is 3.62. The lowest BCUT2D eigenvalue weighted by Crippen LogP contribution is -2.24. The molecular weight excluding hydrogens is 226 g/mol. The van der Waals surface area contributed by atoms with E-state index in [-0.39, 0.29) is 5.75 Å². The van der Waals surface area contributed by atoms with Crippen molar-refractivity contribution in [3.63, 3.8) is 0 Å². The second-order valence-corrected chi connectivity index (χ2v) is 6.12. The van der Waals surface area contributed by atoms with Gasteiger partial charge in [-0.15, -0.1) is 0 Å². The highest BCUT2D eigenvalue weighted by molar-refractivity contribution is 7.90. The molecule has 90 valence electrons. The minimum Gasteiger partial charge on any atom is -0.397 e. The van der Waals surface area contributed by atoms with Gasteiger partial charge in [-0.05, 0) is 18.2 Å². The second-order valence-electron chi connectivity index (χ2n) is 3.86. The Morgan fingerprint density at radius 1 is 1.25 bits per heavy atom. The molecular formula is C10H17N3O2S. The summed E-state index contributed by atoms with van der Waals surface area (Å²) < 4.78 is 22.0. The fourth-order valence-corrected chi connectivity index (χ4v) is 1.84. The van der Waals surface area contributed by atoms with Gasteiger partial charge >= 0.3 is 0 Å². The maximum absolute atomic E-state index is 11.0. The molecule has 0 bridgehead atoms. The Morgan fingerprint density at radius 3 is 2.38 bits per heavy atom. The number of hydrogen-bond acceptors (Lipinski definition) is 5. The van der Waals surface area contributed by atoms with Crippen LogP contribution >= 0.6 is 0 Å². The first-order valence-corrected chi connectivity index (χ1v) is 6.89. The second kappa shape index (κ2) is 4.61. The van der Waals surface area contributed by atoms with Crippen molar-refractivity contribution in [2.24, 2.45) is 0 Å². The van der Waals surface area contributed by atoms with Crippen molar-refractivity contribution in [2.75, 3.05) is 42.0 Å². The van der Waals surface area contributed by atoms with E-state index in [2.05, 4.69) is 0 Å². The van der Waals surface area contributed by atoms with Gasteiger partial charge in [0.1, 0.15) is 9.84 Å². The molecule has 1 rings (SSSR count). The monoisotopic (exact) mass is 243 g/mol. The first kappa shape index (κ1) is 12.6. The fraction of sp³-hybridized carbons (Fsp3) is 0.400. The Kier molecular flexibility index (Phi) is 3.64. The van der Waals surface area contributed by atoms with Crippen molar-refractivity contribution < 1.29 is 8.42 Å². The minimum absolute atomic E-state index is 0.119. The standard InChI is InChI=1S/C10H17N3O2S/c1-13(5-6-16(2,14)15)8-3-4-9(11)10(12)7-8/h3-4,7H,5-6,11-12H2,1-2H3. The molecule has 0 spiro atoms. The van der Waals surface area contributed by atoms with Crippen molar-refractivity contribution in [3.05, 3.63) is 18.2 Å². The van der Waals surface area contributed by atoms with Gasteiger partial charge in [0.2, 0.25) is 0 Å². The summed E-state index contributed by atoms with van der Waals surface area (Å²) >= 11 is 0. The van der Waals surface area contributed by atoms with Crippen LogP contribution in [0.3, 0.4) is 0 Å². The Morgan fingerprint density at radius 2 is 1.88 bits per heavy atom. The predicted molar refractivity (Wildman–Crippen MR) is 68.2 cm³/mol. The van der Waals surface area contributed by atoms with Crippen LogP contribution in [-0.2, 0) is 9.84 Å². The van der Waals surface area contributed by atoms with Gasteiger partial charge in [-0.3, -0.25) is 0 Å². The quantitative estimate of drug-likeness (QED) is 0.744. The first-order valence-electron chi connectivity index (χ1n) is 4.83. The van der Waals surface area contributed by atoms with Crippen LogP contribution in [0, 0.1) is 0 Å². The Balaban J connectivity index is 2.73. The lowest BCUT2D eigenvalue weighted by atomic mass is 10.2. The highest BCUT2D eigenvalue weighted by Crippen LogP contribution is 2.21. The first-order chi connectivity index (χ1) is 7.29. The number of rotatable bonds is 4. The van der Waals surface area contributed by atoms with Gasteiger partial charge in [0.05, 0.1) is 17.1 Å². The molecule has 0 amide bonds. The van der Waals surface area contributed by atoms with Crippen LogP contribution < -0.4 is 16.4 Å². The lowest BCUT2D eigenvalue weighted by Gasteiger charge is -2.19. The molecule has 4 N–H and O–H groups in total.